The molecule has 208 valence electrons. The van der Waals surface area contributed by atoms with Gasteiger partial charge >= 0.3 is 6.16 Å². The number of nitrogen functional groups attached to an aromatic ring is 1. The van der Waals surface area contributed by atoms with Crippen molar-refractivity contribution in [1.82, 2.24) is 5.32 Å². The van der Waals surface area contributed by atoms with E-state index in [4.69, 9.17) is 31.9 Å². The molecule has 1 amide bonds. The van der Waals surface area contributed by atoms with E-state index in [0.29, 0.717) is 23.6 Å². The molecule has 0 bridgehead atoms. The van der Waals surface area contributed by atoms with Gasteiger partial charge in [0, 0.05) is 18.5 Å². The second-order valence-corrected chi connectivity index (χ2v) is 11.9. The number of nitrogens with one attached hydrogen (secondary N) is 2. The first-order valence-electron chi connectivity index (χ1n) is 12.6. The Kier molecular flexibility index (Phi) is 9.66. The van der Waals surface area contributed by atoms with E-state index < -0.39 is 26.8 Å². The van der Waals surface area contributed by atoms with Crippen molar-refractivity contribution in [1.29, 1.82) is 5.41 Å². The third kappa shape index (κ3) is 7.33. The fourth-order valence-corrected chi connectivity index (χ4v) is 6.40. The molecule has 0 aliphatic heterocycles. The standard InChI is InChI=1S/C27H32N4O3S.CH2O3/c28-25(29)23-12-6-9-20(15-23)17-27(30,26(32)31-18-19-7-2-1-3-8-19)35(33,34)24-14-13-21-10-4-5-11-22(21)16-24;2-1(3)4/h4-6,9-16,19H,1-3,7-8,17-18,30H2,(H3,28,29)(H,31,32);(H2,2,3,4)/t27-;/m1./s1. The number of hydrogen-bond donors (Lipinski definition) is 6. The molecule has 0 heterocycles. The molecule has 0 saturated heterocycles. The Bertz CT molecular complexity index is 1450. The van der Waals surface area contributed by atoms with Crippen molar-refractivity contribution >= 4 is 38.5 Å². The highest BCUT2D eigenvalue weighted by Crippen LogP contribution is 2.29. The molecule has 0 spiro atoms. The zero-order chi connectivity index (χ0) is 28.6. The topological polar surface area (TPSA) is 197 Å². The summed E-state index contributed by atoms with van der Waals surface area (Å²) in [5.41, 5.74) is 13.2. The fourth-order valence-electron chi connectivity index (χ4n) is 4.77. The van der Waals surface area contributed by atoms with Gasteiger partial charge in [0.05, 0.1) is 4.90 Å². The quantitative estimate of drug-likeness (QED) is 0.179. The number of amidine groups is 1. The van der Waals surface area contributed by atoms with Gasteiger partial charge in [0.25, 0.3) is 5.91 Å². The van der Waals surface area contributed by atoms with Crippen molar-refractivity contribution in [2.24, 2.45) is 17.4 Å². The number of rotatable bonds is 8. The van der Waals surface area contributed by atoms with Gasteiger partial charge in [-0.2, -0.15) is 0 Å². The molecule has 1 saturated carbocycles. The van der Waals surface area contributed by atoms with Crippen LogP contribution in [0.2, 0.25) is 0 Å². The van der Waals surface area contributed by atoms with Gasteiger partial charge in [-0.05, 0) is 53.3 Å². The first kappa shape index (κ1) is 29.6. The Morgan fingerprint density at radius 3 is 2.23 bits per heavy atom. The third-order valence-corrected chi connectivity index (χ3v) is 9.04. The van der Waals surface area contributed by atoms with Crippen LogP contribution in [-0.2, 0) is 21.1 Å². The molecule has 39 heavy (non-hydrogen) atoms. The summed E-state index contributed by atoms with van der Waals surface area (Å²) >= 11 is 0. The predicted molar refractivity (Wildman–Crippen MR) is 149 cm³/mol. The van der Waals surface area contributed by atoms with Crippen molar-refractivity contribution < 1.29 is 28.2 Å². The highest BCUT2D eigenvalue weighted by molar-refractivity contribution is 7.93. The van der Waals surface area contributed by atoms with Crippen molar-refractivity contribution in [3.63, 3.8) is 0 Å². The monoisotopic (exact) mass is 554 g/mol. The van der Waals surface area contributed by atoms with Gasteiger partial charge in [0.2, 0.25) is 14.7 Å². The number of fused-ring (bicyclic) bond motifs is 1. The molecule has 0 aromatic heterocycles. The predicted octanol–water partition coefficient (Wildman–Crippen LogP) is 3.71. The molecule has 10 nitrogen and oxygen atoms in total. The molecule has 1 aliphatic carbocycles. The summed E-state index contributed by atoms with van der Waals surface area (Å²) in [6, 6.07) is 18.8. The molecular weight excluding hydrogens is 520 g/mol. The Balaban J connectivity index is 0.000000983. The van der Waals surface area contributed by atoms with Crippen LogP contribution in [0.15, 0.2) is 71.6 Å². The van der Waals surface area contributed by atoms with Crippen LogP contribution < -0.4 is 16.8 Å². The minimum Gasteiger partial charge on any atom is -0.450 e. The maximum Gasteiger partial charge on any atom is 0.503 e. The fraction of sp³-hybridized carbons (Fsp3) is 0.321. The Morgan fingerprint density at radius 2 is 1.59 bits per heavy atom. The number of amides is 1. The molecule has 4 rings (SSSR count). The average Bonchev–Trinajstić information content (AvgIpc) is 2.91. The Morgan fingerprint density at radius 1 is 0.949 bits per heavy atom. The zero-order valence-electron chi connectivity index (χ0n) is 21.5. The number of carbonyl (C=O) groups is 2. The number of hydrogen-bond acceptors (Lipinski definition) is 6. The molecule has 8 N–H and O–H groups in total. The third-order valence-electron chi connectivity index (χ3n) is 6.88. The van der Waals surface area contributed by atoms with Gasteiger partial charge in [-0.1, -0.05) is 67.8 Å². The van der Waals surface area contributed by atoms with Gasteiger partial charge in [-0.25, -0.2) is 13.2 Å². The number of carboxylic acid groups (broad SMARTS) is 2. The number of benzene rings is 3. The van der Waals surface area contributed by atoms with Crippen LogP contribution in [0.5, 0.6) is 0 Å². The summed E-state index contributed by atoms with van der Waals surface area (Å²) in [7, 11) is -4.29. The lowest BCUT2D eigenvalue weighted by Crippen LogP contribution is -2.61. The highest BCUT2D eigenvalue weighted by Gasteiger charge is 2.48. The molecule has 3 aromatic carbocycles. The Labute approximate surface area is 227 Å². The van der Waals surface area contributed by atoms with E-state index in [1.807, 2.05) is 24.3 Å². The van der Waals surface area contributed by atoms with E-state index in [1.54, 1.807) is 36.4 Å². The van der Waals surface area contributed by atoms with Gasteiger partial charge in [-0.15, -0.1) is 0 Å². The van der Waals surface area contributed by atoms with Crippen molar-refractivity contribution in [3.8, 4) is 0 Å². The number of nitrogens with two attached hydrogens (primary N) is 2. The lowest BCUT2D eigenvalue weighted by molar-refractivity contribution is -0.123. The van der Waals surface area contributed by atoms with E-state index in [2.05, 4.69) is 5.32 Å². The first-order chi connectivity index (χ1) is 18.4. The Hall–Kier alpha value is -3.96. The lowest BCUT2D eigenvalue weighted by atomic mass is 9.89. The van der Waals surface area contributed by atoms with Crippen LogP contribution in [0.1, 0.15) is 43.2 Å². The summed E-state index contributed by atoms with van der Waals surface area (Å²) in [6.07, 6.45) is 3.35. The van der Waals surface area contributed by atoms with Gasteiger partial charge in [0.1, 0.15) is 5.84 Å². The lowest BCUT2D eigenvalue weighted by Gasteiger charge is -2.30. The highest BCUT2D eigenvalue weighted by atomic mass is 32.2. The van der Waals surface area contributed by atoms with Crippen LogP contribution in [0.3, 0.4) is 0 Å². The van der Waals surface area contributed by atoms with Crippen LogP contribution >= 0.6 is 0 Å². The number of sulfone groups is 1. The summed E-state index contributed by atoms with van der Waals surface area (Å²) in [4.78, 5) is 19.8. The van der Waals surface area contributed by atoms with E-state index in [9.17, 15) is 13.2 Å². The van der Waals surface area contributed by atoms with Gasteiger partial charge < -0.3 is 27.0 Å². The van der Waals surface area contributed by atoms with Crippen LogP contribution in [0.25, 0.3) is 10.8 Å². The largest absolute Gasteiger partial charge is 0.503 e. The molecule has 1 aliphatic rings. The second kappa shape index (κ2) is 12.7. The SMILES string of the molecule is N=C(N)c1cccc(C[C@](N)(C(=O)NCC2CCCCC2)S(=O)(=O)c2ccc3ccccc3c2)c1.O=C(O)O. The van der Waals surface area contributed by atoms with E-state index in [0.717, 1.165) is 36.5 Å². The minimum atomic E-state index is -4.29. The maximum absolute atomic E-state index is 14.0. The summed E-state index contributed by atoms with van der Waals surface area (Å²) in [6.45, 7) is 0.401. The molecule has 3 aromatic rings. The molecule has 1 atom stereocenters. The van der Waals surface area contributed by atoms with Gasteiger partial charge in [0.15, 0.2) is 0 Å². The molecular formula is C28H34N4O6S. The smallest absolute Gasteiger partial charge is 0.450 e. The van der Waals surface area contributed by atoms with Crippen LogP contribution in [0, 0.1) is 11.3 Å². The van der Waals surface area contributed by atoms with Gasteiger partial charge in [-0.3, -0.25) is 10.2 Å². The summed E-state index contributed by atoms with van der Waals surface area (Å²) in [5.74, 6) is -0.542. The van der Waals surface area contributed by atoms with E-state index >= 15 is 0 Å². The maximum atomic E-state index is 14.0. The average molecular weight is 555 g/mol. The number of carbonyl (C=O) groups excluding carboxylic acids is 1. The van der Waals surface area contributed by atoms with Crippen LogP contribution in [-0.4, -0.2) is 47.9 Å². The van der Waals surface area contributed by atoms with E-state index in [1.165, 1.54) is 12.5 Å². The first-order valence-corrected chi connectivity index (χ1v) is 14.1. The van der Waals surface area contributed by atoms with Crippen molar-refractivity contribution in [2.75, 3.05) is 6.54 Å². The summed E-state index contributed by atoms with van der Waals surface area (Å²) < 4.78 is 27.9. The van der Waals surface area contributed by atoms with Crippen LogP contribution in [0.4, 0.5) is 4.79 Å². The normalized spacial score (nSPS) is 15.4. The molecule has 1 fully saturated rings. The second-order valence-electron chi connectivity index (χ2n) is 9.69. The molecule has 0 unspecified atom stereocenters. The minimum absolute atomic E-state index is 0.00533. The van der Waals surface area contributed by atoms with Crippen molar-refractivity contribution in [3.05, 3.63) is 77.9 Å². The van der Waals surface area contributed by atoms with Crippen molar-refractivity contribution in [2.45, 2.75) is 48.3 Å². The summed E-state index contributed by atoms with van der Waals surface area (Å²) in [5, 5.41) is 26.1. The zero-order valence-corrected chi connectivity index (χ0v) is 22.3. The van der Waals surface area contributed by atoms with E-state index in [-0.39, 0.29) is 17.2 Å². The molecule has 11 heteroatoms. The molecule has 0 radical (unpaired) electrons.